The Morgan fingerprint density at radius 1 is 1.24 bits per heavy atom. The molecule has 2 fully saturated rings. The number of thiophene rings is 1. The molecule has 0 radical (unpaired) electrons. The molecule has 0 bridgehead atoms. The van der Waals surface area contributed by atoms with Crippen LogP contribution in [-0.2, 0) is 25.5 Å². The van der Waals surface area contributed by atoms with Crippen LogP contribution in [0.25, 0.3) is 0 Å². The van der Waals surface area contributed by atoms with Crippen molar-refractivity contribution < 1.29 is 24.2 Å². The van der Waals surface area contributed by atoms with E-state index in [-0.39, 0.29) is 30.5 Å². The van der Waals surface area contributed by atoms with Crippen molar-refractivity contribution in [3.05, 3.63) is 52.2 Å². The molecule has 2 aromatic rings. The molecule has 0 unspecified atom stereocenters. The Kier molecular flexibility index (Phi) is 4.92. The highest BCUT2D eigenvalue weighted by molar-refractivity contribution is 7.10. The summed E-state index contributed by atoms with van der Waals surface area (Å²) in [5.74, 6) is -2.60. The van der Waals surface area contributed by atoms with Gasteiger partial charge < -0.3 is 9.84 Å². The second kappa shape index (κ2) is 7.27. The number of hydrogen-bond donors (Lipinski definition) is 2. The van der Waals surface area contributed by atoms with Gasteiger partial charge in [-0.05, 0) is 36.1 Å². The zero-order chi connectivity index (χ0) is 20.8. The fraction of sp³-hybridized carbons (Fsp3) is 0.381. The van der Waals surface area contributed by atoms with Crippen LogP contribution in [0.3, 0.4) is 0 Å². The Morgan fingerprint density at radius 3 is 2.55 bits per heavy atom. The predicted molar refractivity (Wildman–Crippen MR) is 106 cm³/mol. The number of methoxy groups -OCH3 is 1. The zero-order valence-electron chi connectivity index (χ0n) is 16.1. The predicted octanol–water partition coefficient (Wildman–Crippen LogP) is 1.87. The van der Waals surface area contributed by atoms with Gasteiger partial charge in [0.2, 0.25) is 11.8 Å². The van der Waals surface area contributed by atoms with E-state index in [4.69, 9.17) is 4.74 Å². The van der Waals surface area contributed by atoms with Gasteiger partial charge in [-0.15, -0.1) is 11.3 Å². The average molecular weight is 414 g/mol. The number of esters is 1. The summed E-state index contributed by atoms with van der Waals surface area (Å²) in [5.41, 5.74) is -0.622. The van der Waals surface area contributed by atoms with E-state index in [0.29, 0.717) is 0 Å². The number of rotatable bonds is 5. The number of phenols is 1. The molecule has 3 heterocycles. The minimum Gasteiger partial charge on any atom is -0.508 e. The molecule has 7 nitrogen and oxygen atoms in total. The minimum atomic E-state index is -1.37. The third-order valence-electron chi connectivity index (χ3n) is 5.88. The van der Waals surface area contributed by atoms with E-state index in [0.717, 1.165) is 10.4 Å². The van der Waals surface area contributed by atoms with Gasteiger partial charge in [0.25, 0.3) is 0 Å². The Hall–Kier alpha value is -2.71. The van der Waals surface area contributed by atoms with Crippen LogP contribution in [0.15, 0.2) is 41.8 Å². The molecular weight excluding hydrogens is 392 g/mol. The van der Waals surface area contributed by atoms with Crippen LogP contribution >= 0.6 is 11.3 Å². The Labute approximate surface area is 172 Å². The van der Waals surface area contributed by atoms with Crippen LogP contribution in [0.1, 0.15) is 23.4 Å². The van der Waals surface area contributed by atoms with Crippen LogP contribution in [0.2, 0.25) is 0 Å². The maximum absolute atomic E-state index is 13.2. The summed E-state index contributed by atoms with van der Waals surface area (Å²) < 4.78 is 5.13. The molecule has 29 heavy (non-hydrogen) atoms. The first-order valence-electron chi connectivity index (χ1n) is 9.45. The first-order valence-corrected chi connectivity index (χ1v) is 10.3. The van der Waals surface area contributed by atoms with Gasteiger partial charge in [-0.2, -0.15) is 0 Å². The van der Waals surface area contributed by atoms with Gasteiger partial charge in [-0.25, -0.2) is 0 Å². The van der Waals surface area contributed by atoms with Crippen LogP contribution in [0.4, 0.5) is 0 Å². The number of carbonyl (C=O) groups excluding carboxylic acids is 3. The standard InChI is InChI=1S/C21H22N2O5S/c1-3-23-18(25)15-16(19(23)26)21(20(27)28-2,11-12-6-8-13(24)9-7-12)22-17(15)14-5-4-10-29-14/h4-10,15-17,22,24H,3,11H2,1-2H3/t15-,16+,17-,21-/m0/s1. The number of benzene rings is 1. The molecule has 2 aliphatic rings. The number of aromatic hydroxyl groups is 1. The van der Waals surface area contributed by atoms with Crippen LogP contribution in [0.5, 0.6) is 5.75 Å². The fourth-order valence-electron chi connectivity index (χ4n) is 4.63. The van der Waals surface area contributed by atoms with Crippen molar-refractivity contribution in [3.8, 4) is 5.75 Å². The molecule has 4 atom stereocenters. The molecule has 8 heteroatoms. The van der Waals surface area contributed by atoms with Crippen molar-refractivity contribution in [2.24, 2.45) is 11.8 Å². The molecule has 4 rings (SSSR count). The van der Waals surface area contributed by atoms with Crippen molar-refractivity contribution in [2.45, 2.75) is 24.9 Å². The highest BCUT2D eigenvalue weighted by Crippen LogP contribution is 2.51. The summed E-state index contributed by atoms with van der Waals surface area (Å²) >= 11 is 1.48. The average Bonchev–Trinajstić information content (AvgIpc) is 3.41. The van der Waals surface area contributed by atoms with Gasteiger partial charge in [0, 0.05) is 17.8 Å². The topological polar surface area (TPSA) is 95.9 Å². The quantitative estimate of drug-likeness (QED) is 0.573. The first kappa shape index (κ1) is 19.6. The molecule has 0 aliphatic carbocycles. The number of phenolic OH excluding ortho intramolecular Hbond substituents is 1. The molecule has 152 valence electrons. The van der Waals surface area contributed by atoms with Crippen molar-refractivity contribution in [3.63, 3.8) is 0 Å². The second-order valence-corrected chi connectivity index (χ2v) is 8.35. The number of imide groups is 1. The van der Waals surface area contributed by atoms with Gasteiger partial charge >= 0.3 is 5.97 Å². The molecular formula is C21H22N2O5S. The summed E-state index contributed by atoms with van der Waals surface area (Å²) in [6.07, 6.45) is 0.166. The smallest absolute Gasteiger partial charge is 0.327 e. The number of carbonyl (C=O) groups is 3. The number of hydrogen-bond acceptors (Lipinski definition) is 7. The normalized spacial score (nSPS) is 28.6. The summed E-state index contributed by atoms with van der Waals surface area (Å²) in [6.45, 7) is 2.02. The summed E-state index contributed by atoms with van der Waals surface area (Å²) in [4.78, 5) is 41.6. The number of ether oxygens (including phenoxy) is 1. The van der Waals surface area contributed by atoms with E-state index in [1.54, 1.807) is 19.1 Å². The molecule has 1 aromatic heterocycles. The van der Waals surface area contributed by atoms with Crippen molar-refractivity contribution in [2.75, 3.05) is 13.7 Å². The minimum absolute atomic E-state index is 0.110. The molecule has 2 aliphatic heterocycles. The van der Waals surface area contributed by atoms with Gasteiger partial charge in [0.05, 0.1) is 25.0 Å². The molecule has 0 spiro atoms. The lowest BCUT2D eigenvalue weighted by Gasteiger charge is -2.32. The van der Waals surface area contributed by atoms with E-state index in [2.05, 4.69) is 5.32 Å². The van der Waals surface area contributed by atoms with Crippen LogP contribution in [-0.4, -0.2) is 47.0 Å². The molecule has 2 N–H and O–H groups in total. The monoisotopic (exact) mass is 414 g/mol. The Bertz CT molecular complexity index is 942. The van der Waals surface area contributed by atoms with Gasteiger partial charge in [-0.1, -0.05) is 18.2 Å². The van der Waals surface area contributed by atoms with Crippen molar-refractivity contribution >= 4 is 29.1 Å². The fourth-order valence-corrected chi connectivity index (χ4v) is 5.45. The summed E-state index contributed by atoms with van der Waals surface area (Å²) in [5, 5.41) is 14.8. The third kappa shape index (κ3) is 2.94. The lowest BCUT2D eigenvalue weighted by molar-refractivity contribution is -0.154. The van der Waals surface area contributed by atoms with Crippen LogP contribution < -0.4 is 5.32 Å². The Balaban J connectivity index is 1.84. The molecule has 2 saturated heterocycles. The van der Waals surface area contributed by atoms with Crippen molar-refractivity contribution in [1.29, 1.82) is 0 Å². The van der Waals surface area contributed by atoms with Gasteiger partial charge in [-0.3, -0.25) is 24.6 Å². The van der Waals surface area contributed by atoms with Gasteiger partial charge in [0.15, 0.2) is 0 Å². The molecule has 1 aromatic carbocycles. The van der Waals surface area contributed by atoms with E-state index >= 15 is 0 Å². The lowest BCUT2D eigenvalue weighted by atomic mass is 9.76. The van der Waals surface area contributed by atoms with E-state index < -0.39 is 29.4 Å². The Morgan fingerprint density at radius 2 is 1.97 bits per heavy atom. The van der Waals surface area contributed by atoms with E-state index in [1.807, 2.05) is 17.5 Å². The number of likely N-dealkylation sites (tertiary alicyclic amines) is 1. The van der Waals surface area contributed by atoms with E-state index in [1.165, 1.54) is 35.5 Å². The van der Waals surface area contributed by atoms with Crippen LogP contribution in [0, 0.1) is 11.8 Å². The largest absolute Gasteiger partial charge is 0.508 e. The van der Waals surface area contributed by atoms with E-state index in [9.17, 15) is 19.5 Å². The number of nitrogens with one attached hydrogen (secondary N) is 1. The first-order chi connectivity index (χ1) is 13.9. The summed E-state index contributed by atoms with van der Waals surface area (Å²) in [7, 11) is 1.29. The molecule has 0 saturated carbocycles. The van der Waals surface area contributed by atoms with Crippen molar-refractivity contribution in [1.82, 2.24) is 10.2 Å². The number of nitrogens with zero attached hydrogens (tertiary/aromatic N) is 1. The maximum atomic E-state index is 13.2. The summed E-state index contributed by atoms with van der Waals surface area (Å²) in [6, 6.07) is 9.80. The number of amides is 2. The lowest BCUT2D eigenvalue weighted by Crippen LogP contribution is -2.57. The maximum Gasteiger partial charge on any atom is 0.327 e. The third-order valence-corrected chi connectivity index (χ3v) is 6.84. The zero-order valence-corrected chi connectivity index (χ0v) is 16.9. The molecule has 2 amide bonds. The second-order valence-electron chi connectivity index (χ2n) is 7.37. The SMILES string of the molecule is CCN1C(=O)[C@@H]2[C@H](c3cccs3)N[C@](Cc3ccc(O)cc3)(C(=O)OC)[C@H]2C1=O. The highest BCUT2D eigenvalue weighted by Gasteiger charge is 2.68. The highest BCUT2D eigenvalue weighted by atomic mass is 32.1. The van der Waals surface area contributed by atoms with Gasteiger partial charge in [0.1, 0.15) is 11.3 Å². The number of fused-ring (bicyclic) bond motifs is 1.